The molecule has 170 valence electrons. The molecule has 33 heavy (non-hydrogen) atoms. The van der Waals surface area contributed by atoms with Crippen molar-refractivity contribution >= 4 is 20.7 Å². The molecular formula is C25H21F3N2O2S. The summed E-state index contributed by atoms with van der Waals surface area (Å²) in [6.07, 6.45) is -2.77. The largest absolute Gasteiger partial charge is 0.418 e. The van der Waals surface area contributed by atoms with Gasteiger partial charge in [0.1, 0.15) is 0 Å². The number of nitrogens with two attached hydrogens (primary N) is 1. The zero-order valence-corrected chi connectivity index (χ0v) is 18.3. The number of aromatic nitrogens is 1. The van der Waals surface area contributed by atoms with Crippen LogP contribution in [0.4, 0.5) is 13.2 Å². The van der Waals surface area contributed by atoms with Crippen LogP contribution in [-0.2, 0) is 16.0 Å². The van der Waals surface area contributed by atoms with Gasteiger partial charge in [0.25, 0.3) is 0 Å². The van der Waals surface area contributed by atoms with Crippen LogP contribution >= 0.6 is 0 Å². The van der Waals surface area contributed by atoms with Crippen LogP contribution < -0.4 is 5.73 Å². The van der Waals surface area contributed by atoms with Crippen LogP contribution in [-0.4, -0.2) is 25.7 Å². The Morgan fingerprint density at radius 3 is 2.24 bits per heavy atom. The quantitative estimate of drug-likeness (QED) is 0.392. The Morgan fingerprint density at radius 1 is 0.848 bits per heavy atom. The summed E-state index contributed by atoms with van der Waals surface area (Å²) in [5, 5.41) is 0.391. The summed E-state index contributed by atoms with van der Waals surface area (Å²) in [7, 11) is -3.46. The average Bonchev–Trinajstić information content (AvgIpc) is 2.81. The third-order valence-electron chi connectivity index (χ3n) is 5.39. The van der Waals surface area contributed by atoms with Gasteiger partial charge < -0.3 is 5.73 Å². The Labute approximate surface area is 189 Å². The topological polar surface area (TPSA) is 73.1 Å². The van der Waals surface area contributed by atoms with E-state index in [1.54, 1.807) is 48.5 Å². The fraction of sp³-hybridized carbons (Fsp3) is 0.160. The fourth-order valence-electron chi connectivity index (χ4n) is 3.78. The highest BCUT2D eigenvalue weighted by Crippen LogP contribution is 2.37. The fourth-order valence-corrected chi connectivity index (χ4v) is 5.16. The predicted octanol–water partition coefficient (Wildman–Crippen LogP) is 5.71. The number of para-hydroxylation sites is 1. The molecule has 4 nitrogen and oxygen atoms in total. The molecular weight excluding hydrogens is 449 g/mol. The summed E-state index contributed by atoms with van der Waals surface area (Å²) >= 11 is 0. The van der Waals surface area contributed by atoms with E-state index >= 15 is 0 Å². The van der Waals surface area contributed by atoms with Crippen LogP contribution in [0, 0.1) is 0 Å². The second kappa shape index (κ2) is 8.96. The molecule has 2 N–H and O–H groups in total. The van der Waals surface area contributed by atoms with E-state index in [-0.39, 0.29) is 22.7 Å². The predicted molar refractivity (Wildman–Crippen MR) is 123 cm³/mol. The average molecular weight is 471 g/mol. The zero-order valence-electron chi connectivity index (χ0n) is 17.5. The van der Waals surface area contributed by atoms with Crippen LogP contribution in [0.2, 0.25) is 0 Å². The van der Waals surface area contributed by atoms with Gasteiger partial charge in [-0.1, -0.05) is 42.5 Å². The lowest BCUT2D eigenvalue weighted by atomic mass is 9.96. The van der Waals surface area contributed by atoms with Crippen molar-refractivity contribution in [3.63, 3.8) is 0 Å². The summed E-state index contributed by atoms with van der Waals surface area (Å²) in [6.45, 7) is 0.289. The first kappa shape index (κ1) is 22.9. The Morgan fingerprint density at radius 2 is 1.52 bits per heavy atom. The first-order chi connectivity index (χ1) is 15.7. The van der Waals surface area contributed by atoms with Crippen LogP contribution in [0.3, 0.4) is 0 Å². The van der Waals surface area contributed by atoms with Gasteiger partial charge >= 0.3 is 6.18 Å². The van der Waals surface area contributed by atoms with E-state index < -0.39 is 21.6 Å². The maximum atomic E-state index is 13.5. The Kier molecular flexibility index (Phi) is 6.23. The van der Waals surface area contributed by atoms with Gasteiger partial charge in [-0.25, -0.2) is 8.42 Å². The number of fused-ring (bicyclic) bond motifs is 1. The lowest BCUT2D eigenvalue weighted by molar-refractivity contribution is -0.136. The third kappa shape index (κ3) is 4.77. The minimum Gasteiger partial charge on any atom is -0.330 e. The molecule has 0 unspecified atom stereocenters. The van der Waals surface area contributed by atoms with Gasteiger partial charge in [-0.3, -0.25) is 4.98 Å². The van der Waals surface area contributed by atoms with Gasteiger partial charge in [-0.05, 0) is 65.6 Å². The number of alkyl halides is 3. The van der Waals surface area contributed by atoms with Crippen molar-refractivity contribution in [2.75, 3.05) is 12.3 Å². The number of sulfone groups is 1. The SMILES string of the molecule is NCCCS(=O)(=O)c1cccc(-c2cccc(-c3ccnc4c(C(F)(F)F)cccc34)c2)c1. The van der Waals surface area contributed by atoms with Crippen LogP contribution in [0.25, 0.3) is 33.2 Å². The minimum atomic E-state index is -4.51. The molecule has 0 amide bonds. The lowest BCUT2D eigenvalue weighted by Crippen LogP contribution is -2.11. The second-order valence-corrected chi connectivity index (χ2v) is 9.74. The van der Waals surface area contributed by atoms with Gasteiger partial charge in [0.15, 0.2) is 9.84 Å². The van der Waals surface area contributed by atoms with Crippen molar-refractivity contribution in [1.29, 1.82) is 0 Å². The minimum absolute atomic E-state index is 0.0302. The summed E-state index contributed by atoms with van der Waals surface area (Å²) in [5.41, 5.74) is 7.31. The lowest BCUT2D eigenvalue weighted by Gasteiger charge is -2.13. The number of hydrogen-bond acceptors (Lipinski definition) is 4. The molecule has 0 aliphatic carbocycles. The van der Waals surface area contributed by atoms with Gasteiger partial charge in [0.05, 0.1) is 21.7 Å². The maximum absolute atomic E-state index is 13.5. The molecule has 0 fully saturated rings. The summed E-state index contributed by atoms with van der Waals surface area (Å²) in [6, 6.07) is 19.6. The van der Waals surface area contributed by atoms with Crippen LogP contribution in [0.1, 0.15) is 12.0 Å². The van der Waals surface area contributed by atoms with E-state index in [0.717, 1.165) is 11.6 Å². The van der Waals surface area contributed by atoms with E-state index in [1.807, 2.05) is 12.1 Å². The molecule has 0 radical (unpaired) electrons. The Bertz CT molecular complexity index is 1420. The van der Waals surface area contributed by atoms with E-state index in [1.165, 1.54) is 12.3 Å². The monoisotopic (exact) mass is 470 g/mol. The smallest absolute Gasteiger partial charge is 0.330 e. The second-order valence-electron chi connectivity index (χ2n) is 7.63. The van der Waals surface area contributed by atoms with Gasteiger partial charge in [-0.15, -0.1) is 0 Å². The molecule has 0 spiro atoms. The first-order valence-electron chi connectivity index (χ1n) is 10.3. The van der Waals surface area contributed by atoms with Crippen molar-refractivity contribution < 1.29 is 21.6 Å². The molecule has 0 bridgehead atoms. The van der Waals surface area contributed by atoms with E-state index in [2.05, 4.69) is 4.98 Å². The molecule has 0 aliphatic rings. The molecule has 4 rings (SSSR count). The third-order valence-corrected chi connectivity index (χ3v) is 7.19. The first-order valence-corrected chi connectivity index (χ1v) is 11.9. The zero-order chi connectivity index (χ0) is 23.6. The van der Waals surface area contributed by atoms with E-state index in [9.17, 15) is 21.6 Å². The molecule has 4 aromatic rings. The number of hydrogen-bond donors (Lipinski definition) is 1. The molecule has 8 heteroatoms. The van der Waals surface area contributed by atoms with Crippen LogP contribution in [0.15, 0.2) is 83.9 Å². The number of nitrogens with zero attached hydrogens (tertiary/aromatic N) is 1. The maximum Gasteiger partial charge on any atom is 0.418 e. The van der Waals surface area contributed by atoms with Gasteiger partial charge in [-0.2, -0.15) is 13.2 Å². The molecule has 0 atom stereocenters. The van der Waals surface area contributed by atoms with Crippen molar-refractivity contribution in [3.05, 3.63) is 84.6 Å². The molecule has 1 heterocycles. The standard InChI is InChI=1S/C25H21F3N2O2S/c26-25(27,28)23-10-3-9-22-21(11-13-30-24(22)23)19-7-1-5-17(15-19)18-6-2-8-20(16-18)33(31,32)14-4-12-29/h1-3,5-11,13,15-16H,4,12,14,29H2. The number of halogens is 3. The highest BCUT2D eigenvalue weighted by atomic mass is 32.2. The number of pyridine rings is 1. The van der Waals surface area contributed by atoms with Crippen molar-refractivity contribution in [2.24, 2.45) is 5.73 Å². The number of benzene rings is 3. The number of rotatable bonds is 6. The normalized spacial score (nSPS) is 12.2. The summed E-state index contributed by atoms with van der Waals surface area (Å²) in [4.78, 5) is 4.19. The summed E-state index contributed by atoms with van der Waals surface area (Å²) < 4.78 is 65.5. The van der Waals surface area contributed by atoms with Crippen molar-refractivity contribution in [3.8, 4) is 22.3 Å². The van der Waals surface area contributed by atoms with E-state index in [4.69, 9.17) is 5.73 Å². The molecule has 0 aliphatic heterocycles. The Hall–Kier alpha value is -3.23. The molecule has 0 saturated carbocycles. The summed E-state index contributed by atoms with van der Waals surface area (Å²) in [5.74, 6) is -0.0302. The highest BCUT2D eigenvalue weighted by Gasteiger charge is 2.33. The molecule has 3 aromatic carbocycles. The van der Waals surface area contributed by atoms with Crippen molar-refractivity contribution in [2.45, 2.75) is 17.5 Å². The highest BCUT2D eigenvalue weighted by molar-refractivity contribution is 7.91. The van der Waals surface area contributed by atoms with E-state index in [0.29, 0.717) is 28.5 Å². The van der Waals surface area contributed by atoms with Gasteiger partial charge in [0.2, 0.25) is 0 Å². The Balaban J connectivity index is 1.79. The molecule has 0 saturated heterocycles. The van der Waals surface area contributed by atoms with Crippen LogP contribution in [0.5, 0.6) is 0 Å². The molecule has 1 aromatic heterocycles. The van der Waals surface area contributed by atoms with Gasteiger partial charge in [0, 0.05) is 11.6 Å². The van der Waals surface area contributed by atoms with Crippen molar-refractivity contribution in [1.82, 2.24) is 4.98 Å².